The largest absolute Gasteiger partial charge is 0.362 e. The average molecular weight is 491 g/mol. The highest BCUT2D eigenvalue weighted by atomic mass is 35.5. The van der Waals surface area contributed by atoms with E-state index in [0.29, 0.717) is 34.2 Å². The Labute approximate surface area is 205 Å². The number of anilines is 3. The number of aryl methyl sites for hydroxylation is 1. The van der Waals surface area contributed by atoms with Crippen LogP contribution in [0.15, 0.2) is 18.2 Å². The van der Waals surface area contributed by atoms with Gasteiger partial charge in [-0.25, -0.2) is 9.78 Å². The third-order valence-electron chi connectivity index (χ3n) is 6.52. The highest BCUT2D eigenvalue weighted by Gasteiger charge is 2.24. The summed E-state index contributed by atoms with van der Waals surface area (Å²) < 4.78 is 0. The third-order valence-corrected chi connectivity index (χ3v) is 7.15. The van der Waals surface area contributed by atoms with Gasteiger partial charge in [0, 0.05) is 32.2 Å². The number of nitrogens with zero attached hydrogens (tertiary/aromatic N) is 3. The standard InChI is InChI=1S/C24H32Cl2N6O/c1-32(2)22-17-6-3-4-9-20(17)29-23(31-22)28-16-12-10-15(11-13-16)14-27-24(33)30-21-18(25)7-5-8-19(21)26/h5,7-8,15-16H,3-4,6,9-14H2,1-2H3,(H2,27,30,33)(H,28,29,31). The molecule has 1 aromatic carbocycles. The van der Waals surface area contributed by atoms with Crippen molar-refractivity contribution in [3.05, 3.63) is 39.5 Å². The van der Waals surface area contributed by atoms with Crippen LogP contribution in [0.2, 0.25) is 10.0 Å². The van der Waals surface area contributed by atoms with E-state index in [-0.39, 0.29) is 6.03 Å². The number of rotatable bonds is 6. The highest BCUT2D eigenvalue weighted by Crippen LogP contribution is 2.31. The highest BCUT2D eigenvalue weighted by molar-refractivity contribution is 6.39. The molecule has 0 bridgehead atoms. The Morgan fingerprint density at radius 1 is 1.06 bits per heavy atom. The van der Waals surface area contributed by atoms with Crippen LogP contribution in [0.4, 0.5) is 22.2 Å². The first-order chi connectivity index (χ1) is 15.9. The summed E-state index contributed by atoms with van der Waals surface area (Å²) >= 11 is 12.2. The molecule has 0 saturated heterocycles. The quantitative estimate of drug-likeness (QED) is 0.496. The van der Waals surface area contributed by atoms with Gasteiger partial charge in [0.25, 0.3) is 0 Å². The van der Waals surface area contributed by atoms with Gasteiger partial charge in [-0.2, -0.15) is 4.98 Å². The molecule has 1 saturated carbocycles. The number of benzene rings is 1. The van der Waals surface area contributed by atoms with Crippen LogP contribution in [0.25, 0.3) is 0 Å². The second-order valence-corrected chi connectivity index (χ2v) is 10.0. The molecule has 1 fully saturated rings. The number of nitrogens with one attached hydrogen (secondary N) is 3. The number of carbonyl (C=O) groups excluding carboxylic acids is 1. The minimum absolute atomic E-state index is 0.288. The first kappa shape index (κ1) is 23.9. The van der Waals surface area contributed by atoms with Crippen molar-refractivity contribution >= 4 is 46.7 Å². The maximum absolute atomic E-state index is 12.3. The Morgan fingerprint density at radius 3 is 2.45 bits per heavy atom. The predicted molar refractivity (Wildman–Crippen MR) is 136 cm³/mol. The van der Waals surface area contributed by atoms with Crippen LogP contribution in [-0.2, 0) is 12.8 Å². The monoisotopic (exact) mass is 490 g/mol. The van der Waals surface area contributed by atoms with Gasteiger partial charge in [0.1, 0.15) is 5.82 Å². The first-order valence-electron chi connectivity index (χ1n) is 11.7. The minimum Gasteiger partial charge on any atom is -0.362 e. The Hall–Kier alpha value is -2.25. The summed E-state index contributed by atoms with van der Waals surface area (Å²) in [7, 11) is 4.10. The van der Waals surface area contributed by atoms with E-state index < -0.39 is 0 Å². The SMILES string of the molecule is CN(C)c1nc(NC2CCC(CNC(=O)Nc3c(Cl)cccc3Cl)CC2)nc2c1CCCC2. The molecule has 7 nitrogen and oxygen atoms in total. The summed E-state index contributed by atoms with van der Waals surface area (Å²) in [6.45, 7) is 0.626. The van der Waals surface area contributed by atoms with E-state index >= 15 is 0 Å². The van der Waals surface area contributed by atoms with E-state index in [1.165, 1.54) is 24.1 Å². The fraction of sp³-hybridized carbons (Fsp3) is 0.542. The van der Waals surface area contributed by atoms with Crippen LogP contribution >= 0.6 is 23.2 Å². The van der Waals surface area contributed by atoms with Gasteiger partial charge in [0.05, 0.1) is 21.4 Å². The molecule has 1 heterocycles. The zero-order valence-electron chi connectivity index (χ0n) is 19.3. The number of amides is 2. The molecule has 2 aromatic rings. The molecule has 2 aliphatic rings. The summed E-state index contributed by atoms with van der Waals surface area (Å²) in [6.07, 6.45) is 8.65. The van der Waals surface area contributed by atoms with Crippen LogP contribution in [0, 0.1) is 5.92 Å². The lowest BCUT2D eigenvalue weighted by Crippen LogP contribution is -2.36. The zero-order valence-corrected chi connectivity index (χ0v) is 20.8. The molecule has 2 amide bonds. The van der Waals surface area contributed by atoms with E-state index in [1.54, 1.807) is 18.2 Å². The molecule has 0 radical (unpaired) electrons. The van der Waals surface area contributed by atoms with Crippen LogP contribution in [0.1, 0.15) is 49.8 Å². The number of halogens is 2. The third kappa shape index (κ3) is 6.01. The molecular formula is C24H32Cl2N6O. The zero-order chi connectivity index (χ0) is 23.4. The number of carbonyl (C=O) groups is 1. The molecule has 0 spiro atoms. The van der Waals surface area contributed by atoms with E-state index in [2.05, 4.69) is 34.9 Å². The summed E-state index contributed by atoms with van der Waals surface area (Å²) in [5.41, 5.74) is 2.95. The average Bonchev–Trinajstić information content (AvgIpc) is 2.80. The number of fused-ring (bicyclic) bond motifs is 1. The van der Waals surface area contributed by atoms with Gasteiger partial charge in [-0.15, -0.1) is 0 Å². The van der Waals surface area contributed by atoms with E-state index in [0.717, 1.165) is 50.3 Å². The molecule has 0 aliphatic heterocycles. The van der Waals surface area contributed by atoms with E-state index in [4.69, 9.17) is 33.2 Å². The van der Waals surface area contributed by atoms with Crippen molar-refractivity contribution < 1.29 is 4.79 Å². The van der Waals surface area contributed by atoms with Gasteiger partial charge >= 0.3 is 6.03 Å². The van der Waals surface area contributed by atoms with Crippen molar-refractivity contribution in [3.8, 4) is 0 Å². The number of hydrogen-bond donors (Lipinski definition) is 3. The molecular weight excluding hydrogens is 459 g/mol. The number of urea groups is 1. The Bertz CT molecular complexity index is 971. The van der Waals surface area contributed by atoms with Crippen molar-refractivity contribution in [2.45, 2.75) is 57.4 Å². The van der Waals surface area contributed by atoms with Crippen molar-refractivity contribution in [2.24, 2.45) is 5.92 Å². The lowest BCUT2D eigenvalue weighted by Gasteiger charge is -2.30. The molecule has 9 heteroatoms. The topological polar surface area (TPSA) is 82.2 Å². The van der Waals surface area contributed by atoms with Crippen LogP contribution < -0.4 is 20.9 Å². The van der Waals surface area contributed by atoms with Gasteiger partial charge in [0.2, 0.25) is 5.95 Å². The van der Waals surface area contributed by atoms with Crippen molar-refractivity contribution in [3.63, 3.8) is 0 Å². The molecule has 0 atom stereocenters. The van der Waals surface area contributed by atoms with Crippen molar-refractivity contribution in [1.82, 2.24) is 15.3 Å². The lowest BCUT2D eigenvalue weighted by molar-refractivity contribution is 0.246. The Morgan fingerprint density at radius 2 is 1.76 bits per heavy atom. The molecule has 2 aliphatic carbocycles. The minimum atomic E-state index is -0.288. The predicted octanol–water partition coefficient (Wildman–Crippen LogP) is 5.52. The van der Waals surface area contributed by atoms with Gasteiger partial charge in [0.15, 0.2) is 0 Å². The van der Waals surface area contributed by atoms with Gasteiger partial charge < -0.3 is 20.9 Å². The van der Waals surface area contributed by atoms with E-state index in [1.807, 2.05) is 0 Å². The summed E-state index contributed by atoms with van der Waals surface area (Å²) in [5, 5.41) is 10.1. The molecule has 0 unspecified atom stereocenters. The summed E-state index contributed by atoms with van der Waals surface area (Å²) in [5.74, 6) is 2.24. The molecule has 33 heavy (non-hydrogen) atoms. The fourth-order valence-corrected chi connectivity index (χ4v) is 5.21. The maximum Gasteiger partial charge on any atom is 0.319 e. The lowest BCUT2D eigenvalue weighted by atomic mass is 9.86. The summed E-state index contributed by atoms with van der Waals surface area (Å²) in [4.78, 5) is 24.1. The second kappa shape index (κ2) is 10.8. The molecule has 178 valence electrons. The smallest absolute Gasteiger partial charge is 0.319 e. The normalized spacial score (nSPS) is 20.0. The molecule has 4 rings (SSSR count). The van der Waals surface area contributed by atoms with Crippen LogP contribution in [-0.4, -0.2) is 42.7 Å². The number of hydrogen-bond acceptors (Lipinski definition) is 5. The first-order valence-corrected chi connectivity index (χ1v) is 12.5. The molecule has 3 N–H and O–H groups in total. The van der Waals surface area contributed by atoms with Gasteiger partial charge in [-0.05, 0) is 69.4 Å². The van der Waals surface area contributed by atoms with Gasteiger partial charge in [-0.1, -0.05) is 29.3 Å². The number of para-hydroxylation sites is 1. The van der Waals surface area contributed by atoms with E-state index in [9.17, 15) is 4.79 Å². The second-order valence-electron chi connectivity index (χ2n) is 9.19. The Kier molecular flexibility index (Phi) is 7.81. The van der Waals surface area contributed by atoms with Crippen molar-refractivity contribution in [2.75, 3.05) is 36.2 Å². The summed E-state index contributed by atoms with van der Waals surface area (Å²) in [6, 6.07) is 5.21. The Balaban J connectivity index is 1.26. The molecule has 1 aromatic heterocycles. The number of aromatic nitrogens is 2. The maximum atomic E-state index is 12.3. The van der Waals surface area contributed by atoms with Gasteiger partial charge in [-0.3, -0.25) is 0 Å². The van der Waals surface area contributed by atoms with Crippen molar-refractivity contribution in [1.29, 1.82) is 0 Å². The van der Waals surface area contributed by atoms with Crippen LogP contribution in [0.5, 0.6) is 0 Å². The fourth-order valence-electron chi connectivity index (χ4n) is 4.71. The van der Waals surface area contributed by atoms with Crippen LogP contribution in [0.3, 0.4) is 0 Å².